The molecule has 0 bridgehead atoms. The molecule has 0 spiro atoms. The molecule has 12 heteroatoms. The van der Waals surface area contributed by atoms with Crippen molar-refractivity contribution in [2.24, 2.45) is 5.73 Å². The normalized spacial score (nSPS) is 18.7. The summed E-state index contributed by atoms with van der Waals surface area (Å²) in [4.78, 5) is 41.5. The van der Waals surface area contributed by atoms with Crippen molar-refractivity contribution in [3.05, 3.63) is 77.2 Å². The number of urea groups is 1. The van der Waals surface area contributed by atoms with Gasteiger partial charge in [-0.3, -0.25) is 19.7 Å². The molecular weight excluding hydrogens is 540 g/mol. The van der Waals surface area contributed by atoms with Gasteiger partial charge in [0.1, 0.15) is 4.75 Å². The van der Waals surface area contributed by atoms with Crippen LogP contribution in [0.5, 0.6) is 0 Å². The number of nitrogens with one attached hydrogen (secondary N) is 1. The number of hydrogen-bond donors (Lipinski definition) is 3. The zero-order valence-electron chi connectivity index (χ0n) is 21.4. The Morgan fingerprint density at radius 2 is 1.82 bits per heavy atom. The van der Waals surface area contributed by atoms with Gasteiger partial charge in [-0.15, -0.1) is 11.3 Å². The zero-order valence-corrected chi connectivity index (χ0v) is 23.0. The van der Waals surface area contributed by atoms with Crippen LogP contribution in [0.1, 0.15) is 35.0 Å². The minimum Gasteiger partial charge on any atom is -0.351 e. The van der Waals surface area contributed by atoms with Crippen LogP contribution < -0.4 is 16.1 Å². The first kappa shape index (κ1) is 28.3. The summed E-state index contributed by atoms with van der Waals surface area (Å²) in [6.07, 6.45) is -0.517. The number of hydroxylamine groups is 1. The second-order valence-electron chi connectivity index (χ2n) is 9.23. The highest BCUT2D eigenvalue weighted by molar-refractivity contribution is 7.92. The van der Waals surface area contributed by atoms with Gasteiger partial charge in [0, 0.05) is 40.6 Å². The molecule has 4 N–H and O–H groups in total. The van der Waals surface area contributed by atoms with Crippen molar-refractivity contribution < 1.29 is 28.0 Å². The number of anilines is 1. The molecule has 1 saturated heterocycles. The Hall–Kier alpha value is -3.74. The van der Waals surface area contributed by atoms with Crippen LogP contribution in [0.3, 0.4) is 0 Å². The fraction of sp³-hybridized carbons (Fsp3) is 0.296. The fourth-order valence-electron chi connectivity index (χ4n) is 4.87. The van der Waals surface area contributed by atoms with E-state index in [2.05, 4.69) is 0 Å². The van der Waals surface area contributed by atoms with Crippen molar-refractivity contribution in [1.29, 1.82) is 0 Å². The van der Waals surface area contributed by atoms with E-state index >= 15 is 0 Å². The van der Waals surface area contributed by atoms with Crippen LogP contribution in [-0.4, -0.2) is 61.8 Å². The van der Waals surface area contributed by atoms with E-state index in [9.17, 15) is 28.0 Å². The zero-order chi connectivity index (χ0) is 28.2. The van der Waals surface area contributed by atoms with Crippen LogP contribution in [0.2, 0.25) is 0 Å². The number of sulfone groups is 1. The van der Waals surface area contributed by atoms with Gasteiger partial charge in [0.05, 0.1) is 12.2 Å². The fourth-order valence-corrected chi connectivity index (χ4v) is 8.47. The Morgan fingerprint density at radius 3 is 2.49 bits per heavy atom. The van der Waals surface area contributed by atoms with Crippen LogP contribution in [0.25, 0.3) is 10.4 Å². The lowest BCUT2D eigenvalue weighted by Crippen LogP contribution is -2.41. The van der Waals surface area contributed by atoms with Crippen molar-refractivity contribution in [1.82, 2.24) is 10.4 Å². The lowest BCUT2D eigenvalue weighted by Gasteiger charge is -2.30. The first-order chi connectivity index (χ1) is 18.6. The van der Waals surface area contributed by atoms with Crippen molar-refractivity contribution in [3.63, 3.8) is 0 Å². The number of primary amides is 1. The van der Waals surface area contributed by atoms with E-state index in [0.717, 1.165) is 10.4 Å². The molecule has 4 rings (SSSR count). The summed E-state index contributed by atoms with van der Waals surface area (Å²) in [5.41, 5.74) is 8.87. The van der Waals surface area contributed by atoms with Gasteiger partial charge >= 0.3 is 6.03 Å². The molecule has 39 heavy (non-hydrogen) atoms. The van der Waals surface area contributed by atoms with E-state index in [1.807, 2.05) is 6.07 Å². The number of amides is 4. The van der Waals surface area contributed by atoms with Crippen LogP contribution in [0.15, 0.2) is 66.7 Å². The predicted octanol–water partition coefficient (Wildman–Crippen LogP) is 3.37. The number of benzene rings is 2. The van der Waals surface area contributed by atoms with Crippen LogP contribution in [0, 0.1) is 0 Å². The Morgan fingerprint density at radius 1 is 1.08 bits per heavy atom. The Bertz CT molecular complexity index is 1470. The van der Waals surface area contributed by atoms with E-state index in [1.54, 1.807) is 73.1 Å². The topological polar surface area (TPSA) is 150 Å². The first-order valence-electron chi connectivity index (χ1n) is 12.4. The summed E-state index contributed by atoms with van der Waals surface area (Å²) >= 11 is 1.22. The molecule has 0 saturated carbocycles. The molecule has 10 nitrogen and oxygen atoms in total. The number of nitrogens with two attached hydrogens (primary N) is 1. The quantitative estimate of drug-likeness (QED) is 0.293. The van der Waals surface area contributed by atoms with Crippen molar-refractivity contribution >= 4 is 44.7 Å². The van der Waals surface area contributed by atoms with E-state index in [-0.39, 0.29) is 31.2 Å². The molecule has 1 fully saturated rings. The smallest absolute Gasteiger partial charge is 0.319 e. The highest BCUT2D eigenvalue weighted by atomic mass is 32.2. The molecule has 1 aromatic heterocycles. The van der Waals surface area contributed by atoms with E-state index in [0.29, 0.717) is 22.7 Å². The van der Waals surface area contributed by atoms with Gasteiger partial charge in [-0.05, 0) is 55.3 Å². The van der Waals surface area contributed by atoms with Crippen LogP contribution in [0.4, 0.5) is 10.5 Å². The minimum absolute atomic E-state index is 0.0151. The Balaban J connectivity index is 1.73. The standard InChI is InChI=1S/C27H30N4O6S2/c1-2-31(26(28)34)21-10-6-9-20(17-21)22-11-12-23(38-22)27(18-24(32)29-35)13-14-30(15-16-39(27,36)37)25(33)19-7-4-3-5-8-19/h3-12,17,35H,2,13-16,18H2,1H3,(H2,28,34)(H,29,32). The molecular formula is C27H30N4O6S2. The summed E-state index contributed by atoms with van der Waals surface area (Å²) in [5.74, 6) is -1.46. The molecule has 1 aliphatic heterocycles. The minimum atomic E-state index is -3.96. The number of thiophene rings is 1. The van der Waals surface area contributed by atoms with Crippen molar-refractivity contribution in [2.45, 2.75) is 24.5 Å². The maximum Gasteiger partial charge on any atom is 0.319 e. The van der Waals surface area contributed by atoms with Crippen LogP contribution >= 0.6 is 11.3 Å². The average Bonchev–Trinajstić information content (AvgIpc) is 3.39. The third kappa shape index (κ3) is 5.68. The Labute approximate surface area is 230 Å². The molecule has 4 amide bonds. The average molecular weight is 571 g/mol. The molecule has 1 atom stereocenters. The summed E-state index contributed by atoms with van der Waals surface area (Å²) in [5, 5.41) is 9.29. The maximum atomic E-state index is 13.8. The number of rotatable bonds is 7. The van der Waals surface area contributed by atoms with Gasteiger partial charge < -0.3 is 10.6 Å². The van der Waals surface area contributed by atoms with Gasteiger partial charge in [-0.25, -0.2) is 18.7 Å². The maximum absolute atomic E-state index is 13.8. The number of carbonyl (C=O) groups is 3. The number of hydrogen-bond acceptors (Lipinski definition) is 7. The van der Waals surface area contributed by atoms with Crippen molar-refractivity contribution in [3.8, 4) is 10.4 Å². The van der Waals surface area contributed by atoms with Gasteiger partial charge in [0.2, 0.25) is 5.91 Å². The lowest BCUT2D eigenvalue weighted by atomic mass is 9.97. The predicted molar refractivity (Wildman–Crippen MR) is 149 cm³/mol. The third-order valence-corrected chi connectivity index (χ3v) is 10.9. The van der Waals surface area contributed by atoms with Crippen molar-refractivity contribution in [2.75, 3.05) is 30.3 Å². The largest absolute Gasteiger partial charge is 0.351 e. The van der Waals surface area contributed by atoms with Gasteiger partial charge in [0.15, 0.2) is 9.84 Å². The SMILES string of the molecule is CCN(C(N)=O)c1cccc(-c2ccc(C3(CC(=O)NO)CCN(C(=O)c4ccccc4)CCS3(=O)=O)s2)c1. The van der Waals surface area contributed by atoms with E-state index in [4.69, 9.17) is 5.73 Å². The van der Waals surface area contributed by atoms with E-state index < -0.39 is 32.9 Å². The Kier molecular flexibility index (Phi) is 8.38. The highest BCUT2D eigenvalue weighted by Crippen LogP contribution is 2.45. The lowest BCUT2D eigenvalue weighted by molar-refractivity contribution is -0.129. The second-order valence-corrected chi connectivity index (χ2v) is 12.7. The summed E-state index contributed by atoms with van der Waals surface area (Å²) in [6.45, 7) is 2.28. The molecule has 3 aromatic rings. The molecule has 206 valence electrons. The second kappa shape index (κ2) is 11.6. The number of carbonyl (C=O) groups excluding carboxylic acids is 3. The number of nitrogens with zero attached hydrogens (tertiary/aromatic N) is 2. The molecule has 2 aromatic carbocycles. The molecule has 1 aliphatic rings. The highest BCUT2D eigenvalue weighted by Gasteiger charge is 2.50. The first-order valence-corrected chi connectivity index (χ1v) is 14.9. The monoisotopic (exact) mass is 570 g/mol. The third-order valence-electron chi connectivity index (χ3n) is 6.97. The summed E-state index contributed by atoms with van der Waals surface area (Å²) in [6, 6.07) is 18.6. The molecule has 1 unspecified atom stereocenters. The summed E-state index contributed by atoms with van der Waals surface area (Å²) < 4.78 is 26.0. The van der Waals surface area contributed by atoms with Gasteiger partial charge in [-0.1, -0.05) is 30.3 Å². The summed E-state index contributed by atoms with van der Waals surface area (Å²) in [7, 11) is -3.96. The van der Waals surface area contributed by atoms with Crippen LogP contribution in [-0.2, 0) is 19.4 Å². The van der Waals surface area contributed by atoms with Gasteiger partial charge in [-0.2, -0.15) is 0 Å². The van der Waals surface area contributed by atoms with E-state index in [1.165, 1.54) is 21.1 Å². The molecule has 0 aliphatic carbocycles. The molecule has 0 radical (unpaired) electrons. The van der Waals surface area contributed by atoms with Gasteiger partial charge in [0.25, 0.3) is 5.91 Å². The molecule has 2 heterocycles.